The summed E-state index contributed by atoms with van der Waals surface area (Å²) < 4.78 is 30.6. The van der Waals surface area contributed by atoms with Crippen molar-refractivity contribution in [2.45, 2.75) is 14.9 Å². The van der Waals surface area contributed by atoms with Crippen molar-refractivity contribution < 1.29 is 13.0 Å². The van der Waals surface area contributed by atoms with E-state index in [1.165, 1.54) is 24.3 Å². The SMILES string of the molecule is O=S(=O)(O)c1ccc(Sc2nc(Cl)nc(Cl)n2)cc1. The average Bonchev–Trinajstić information content (AvgIpc) is 2.26. The van der Waals surface area contributed by atoms with Gasteiger partial charge < -0.3 is 0 Å². The highest BCUT2D eigenvalue weighted by Crippen LogP contribution is 2.26. The zero-order chi connectivity index (χ0) is 14.0. The molecule has 0 spiro atoms. The lowest BCUT2D eigenvalue weighted by molar-refractivity contribution is 0.483. The van der Waals surface area contributed by atoms with E-state index in [1.807, 2.05) is 0 Å². The molecule has 1 N–H and O–H groups in total. The zero-order valence-corrected chi connectivity index (χ0v) is 12.1. The quantitative estimate of drug-likeness (QED) is 0.860. The fraction of sp³-hybridized carbons (Fsp3) is 0. The minimum Gasteiger partial charge on any atom is -0.282 e. The maximum atomic E-state index is 10.9. The van der Waals surface area contributed by atoms with Crippen molar-refractivity contribution in [3.8, 4) is 0 Å². The van der Waals surface area contributed by atoms with Gasteiger partial charge in [0.05, 0.1) is 4.90 Å². The van der Waals surface area contributed by atoms with Gasteiger partial charge in [-0.2, -0.15) is 23.4 Å². The summed E-state index contributed by atoms with van der Waals surface area (Å²) in [5, 5.41) is 0.221. The second kappa shape index (κ2) is 5.59. The molecule has 6 nitrogen and oxygen atoms in total. The third-order valence-corrected chi connectivity index (χ3v) is 3.97. The van der Waals surface area contributed by atoms with Crippen molar-refractivity contribution in [3.63, 3.8) is 0 Å². The van der Waals surface area contributed by atoms with Gasteiger partial charge in [0.2, 0.25) is 10.6 Å². The van der Waals surface area contributed by atoms with E-state index in [9.17, 15) is 8.42 Å². The summed E-state index contributed by atoms with van der Waals surface area (Å²) in [7, 11) is -4.20. The van der Waals surface area contributed by atoms with Crippen LogP contribution in [0.2, 0.25) is 10.6 Å². The third-order valence-electron chi connectivity index (χ3n) is 1.89. The van der Waals surface area contributed by atoms with Crippen LogP contribution in [-0.2, 0) is 10.1 Å². The first kappa shape index (κ1) is 14.5. The highest BCUT2D eigenvalue weighted by molar-refractivity contribution is 7.99. The number of hydrogen-bond acceptors (Lipinski definition) is 6. The summed E-state index contributed by atoms with van der Waals surface area (Å²) in [6.07, 6.45) is 0. The summed E-state index contributed by atoms with van der Waals surface area (Å²) in [5.41, 5.74) is 0. The van der Waals surface area contributed by atoms with E-state index in [-0.39, 0.29) is 20.6 Å². The van der Waals surface area contributed by atoms with Gasteiger partial charge in [-0.3, -0.25) is 4.55 Å². The lowest BCUT2D eigenvalue weighted by Crippen LogP contribution is -1.97. The number of halogens is 2. The molecule has 0 aliphatic carbocycles. The van der Waals surface area contributed by atoms with Crippen LogP contribution in [0.1, 0.15) is 0 Å². The van der Waals surface area contributed by atoms with E-state index in [0.717, 1.165) is 11.8 Å². The molecule has 0 amide bonds. The molecular formula is C9H5Cl2N3O3S2. The van der Waals surface area contributed by atoms with E-state index in [4.69, 9.17) is 27.8 Å². The van der Waals surface area contributed by atoms with E-state index >= 15 is 0 Å². The molecule has 2 rings (SSSR count). The molecule has 2 aromatic rings. The predicted molar refractivity (Wildman–Crippen MR) is 70.2 cm³/mol. The van der Waals surface area contributed by atoms with Crippen LogP contribution in [0.4, 0.5) is 0 Å². The standard InChI is InChI=1S/C9H5Cl2N3O3S2/c10-7-12-8(11)14-9(13-7)18-5-1-3-6(4-2-5)19(15,16)17/h1-4H,(H,15,16,17). The predicted octanol–water partition coefficient (Wildman–Crippen LogP) is 2.58. The Balaban J connectivity index is 2.24. The largest absolute Gasteiger partial charge is 0.294 e. The first-order chi connectivity index (χ1) is 8.84. The minimum atomic E-state index is -4.20. The molecule has 10 heteroatoms. The van der Waals surface area contributed by atoms with Crippen LogP contribution in [0.3, 0.4) is 0 Å². The molecule has 0 aliphatic heterocycles. The molecule has 0 fully saturated rings. The fourth-order valence-corrected chi connectivity index (χ4v) is 2.83. The Morgan fingerprint density at radius 1 is 1.00 bits per heavy atom. The van der Waals surface area contributed by atoms with Gasteiger partial charge >= 0.3 is 0 Å². The first-order valence-electron chi connectivity index (χ1n) is 4.67. The van der Waals surface area contributed by atoms with Crippen molar-refractivity contribution in [1.82, 2.24) is 15.0 Å². The zero-order valence-electron chi connectivity index (χ0n) is 8.99. The number of nitrogens with zero attached hydrogens (tertiary/aromatic N) is 3. The topological polar surface area (TPSA) is 93.0 Å². The molecule has 0 radical (unpaired) electrons. The van der Waals surface area contributed by atoms with Crippen molar-refractivity contribution in [2.24, 2.45) is 0 Å². The highest BCUT2D eigenvalue weighted by Gasteiger charge is 2.10. The normalized spacial score (nSPS) is 11.5. The molecule has 0 saturated heterocycles. The molecule has 0 unspecified atom stereocenters. The van der Waals surface area contributed by atoms with E-state index in [2.05, 4.69) is 15.0 Å². The smallest absolute Gasteiger partial charge is 0.282 e. The molecule has 0 bridgehead atoms. The van der Waals surface area contributed by atoms with Crippen LogP contribution in [0.5, 0.6) is 0 Å². The molecular weight excluding hydrogens is 333 g/mol. The lowest BCUT2D eigenvalue weighted by atomic mass is 10.4. The van der Waals surface area contributed by atoms with Gasteiger partial charge in [-0.25, -0.2) is 0 Å². The van der Waals surface area contributed by atoms with Crippen LogP contribution in [0, 0.1) is 0 Å². The minimum absolute atomic E-state index is 0.0305. The summed E-state index contributed by atoms with van der Waals surface area (Å²) >= 11 is 12.4. The van der Waals surface area contributed by atoms with Gasteiger partial charge in [0.25, 0.3) is 10.1 Å². The Bertz CT molecular complexity index is 687. The molecule has 1 heterocycles. The van der Waals surface area contributed by atoms with Gasteiger partial charge in [0.1, 0.15) is 0 Å². The Kier molecular flexibility index (Phi) is 4.26. The van der Waals surface area contributed by atoms with Crippen LogP contribution in [-0.4, -0.2) is 27.9 Å². The summed E-state index contributed by atoms with van der Waals surface area (Å²) in [6, 6.07) is 5.53. The van der Waals surface area contributed by atoms with Gasteiger partial charge in [0.15, 0.2) is 5.16 Å². The van der Waals surface area contributed by atoms with Gasteiger partial charge in [-0.05, 0) is 59.2 Å². The molecule has 0 aliphatic rings. The van der Waals surface area contributed by atoms with Crippen molar-refractivity contribution in [2.75, 3.05) is 0 Å². The first-order valence-corrected chi connectivity index (χ1v) is 7.68. The Labute approximate surface area is 123 Å². The molecule has 100 valence electrons. The molecule has 19 heavy (non-hydrogen) atoms. The van der Waals surface area contributed by atoms with Gasteiger partial charge in [0, 0.05) is 4.90 Å². The molecule has 0 atom stereocenters. The maximum absolute atomic E-state index is 10.9. The summed E-state index contributed by atoms with van der Waals surface area (Å²) in [6.45, 7) is 0. The number of aromatic nitrogens is 3. The number of benzene rings is 1. The van der Waals surface area contributed by atoms with Crippen molar-refractivity contribution in [3.05, 3.63) is 34.8 Å². The highest BCUT2D eigenvalue weighted by atomic mass is 35.5. The van der Waals surface area contributed by atoms with Crippen molar-refractivity contribution in [1.29, 1.82) is 0 Å². The Morgan fingerprint density at radius 3 is 2.00 bits per heavy atom. The number of rotatable bonds is 3. The van der Waals surface area contributed by atoms with E-state index in [1.54, 1.807) is 0 Å². The van der Waals surface area contributed by atoms with E-state index < -0.39 is 10.1 Å². The van der Waals surface area contributed by atoms with Gasteiger partial charge in [-0.1, -0.05) is 0 Å². The van der Waals surface area contributed by atoms with Crippen LogP contribution in [0.15, 0.2) is 39.2 Å². The number of hydrogen-bond donors (Lipinski definition) is 1. The Morgan fingerprint density at radius 2 is 1.53 bits per heavy atom. The second-order valence-corrected chi connectivity index (χ2v) is 6.34. The summed E-state index contributed by atoms with van der Waals surface area (Å²) in [4.78, 5) is 11.8. The van der Waals surface area contributed by atoms with Crippen LogP contribution >= 0.6 is 35.0 Å². The third kappa shape index (κ3) is 4.02. The second-order valence-electron chi connectivity index (χ2n) is 3.20. The van der Waals surface area contributed by atoms with Crippen molar-refractivity contribution >= 4 is 45.1 Å². The fourth-order valence-electron chi connectivity index (χ4n) is 1.14. The molecule has 1 aromatic carbocycles. The van der Waals surface area contributed by atoms with Gasteiger partial charge in [-0.15, -0.1) is 0 Å². The van der Waals surface area contributed by atoms with Crippen LogP contribution < -0.4 is 0 Å². The Hall–Kier alpha value is -0.930. The van der Waals surface area contributed by atoms with E-state index in [0.29, 0.717) is 4.90 Å². The average molecular weight is 338 g/mol. The van der Waals surface area contributed by atoms with Crippen LogP contribution in [0.25, 0.3) is 0 Å². The monoisotopic (exact) mass is 337 g/mol. The summed E-state index contributed by atoms with van der Waals surface area (Å²) in [5.74, 6) is 0. The lowest BCUT2D eigenvalue weighted by Gasteiger charge is -2.02. The molecule has 0 saturated carbocycles. The maximum Gasteiger partial charge on any atom is 0.294 e. The molecule has 1 aromatic heterocycles.